The van der Waals surface area contributed by atoms with Crippen molar-refractivity contribution in [1.82, 2.24) is 9.55 Å². The summed E-state index contributed by atoms with van der Waals surface area (Å²) in [4.78, 5) is 51.4. The lowest BCUT2D eigenvalue weighted by Gasteiger charge is -2.29. The van der Waals surface area contributed by atoms with E-state index in [4.69, 9.17) is 11.6 Å². The van der Waals surface area contributed by atoms with Crippen molar-refractivity contribution in [3.8, 4) is 0 Å². The van der Waals surface area contributed by atoms with Crippen LogP contribution in [-0.2, 0) is 13.5 Å². The van der Waals surface area contributed by atoms with Gasteiger partial charge in [-0.2, -0.15) is 0 Å². The molecule has 0 saturated carbocycles. The van der Waals surface area contributed by atoms with Crippen molar-refractivity contribution >= 4 is 29.0 Å². The van der Waals surface area contributed by atoms with Gasteiger partial charge in [-0.25, -0.2) is 0 Å². The zero-order valence-electron chi connectivity index (χ0n) is 14.6. The van der Waals surface area contributed by atoms with Crippen molar-refractivity contribution in [3.63, 3.8) is 0 Å². The Morgan fingerprint density at radius 2 is 1.92 bits per heavy atom. The second kappa shape index (κ2) is 6.25. The smallest absolute Gasteiger partial charge is 0.269 e. The molecule has 0 atom stereocenters. The molecule has 136 valence electrons. The summed E-state index contributed by atoms with van der Waals surface area (Å²) in [6, 6.07) is 2.65. The van der Waals surface area contributed by atoms with E-state index in [9.17, 15) is 19.2 Å². The third-order valence-electron chi connectivity index (χ3n) is 4.36. The lowest BCUT2D eigenvalue weighted by molar-refractivity contribution is 0.0910. The van der Waals surface area contributed by atoms with Gasteiger partial charge in [0.15, 0.2) is 5.78 Å². The zero-order valence-corrected chi connectivity index (χ0v) is 15.4. The topological polar surface area (TPSA) is 101 Å². The van der Waals surface area contributed by atoms with Gasteiger partial charge in [0, 0.05) is 30.9 Å². The van der Waals surface area contributed by atoms with Gasteiger partial charge in [0.25, 0.3) is 17.0 Å². The molecule has 0 fully saturated rings. The number of carbonyl (C=O) groups is 2. The van der Waals surface area contributed by atoms with Crippen LogP contribution in [0.15, 0.2) is 27.9 Å². The number of ketones is 1. The molecule has 2 aromatic rings. The number of nitrogens with zero attached hydrogens (tertiary/aromatic N) is 1. The highest BCUT2D eigenvalue weighted by atomic mass is 35.5. The molecule has 0 spiro atoms. The van der Waals surface area contributed by atoms with Crippen LogP contribution in [0.3, 0.4) is 0 Å². The summed E-state index contributed by atoms with van der Waals surface area (Å²) in [5, 5.41) is 2.48. The van der Waals surface area contributed by atoms with E-state index < -0.39 is 17.0 Å². The van der Waals surface area contributed by atoms with E-state index in [1.807, 2.05) is 13.8 Å². The zero-order chi connectivity index (χ0) is 19.2. The maximum Gasteiger partial charge on any atom is 0.269 e. The normalized spacial score (nSPS) is 15.5. The average molecular weight is 376 g/mol. The first-order chi connectivity index (χ1) is 12.1. The number of H-pyrrole nitrogens is 1. The first-order valence-electron chi connectivity index (χ1n) is 8.04. The monoisotopic (exact) mass is 375 g/mol. The van der Waals surface area contributed by atoms with Crippen LogP contribution < -0.4 is 16.4 Å². The van der Waals surface area contributed by atoms with Crippen LogP contribution >= 0.6 is 11.6 Å². The maximum absolute atomic E-state index is 12.5. The molecule has 1 aliphatic carbocycles. The first-order valence-corrected chi connectivity index (χ1v) is 8.42. The summed E-state index contributed by atoms with van der Waals surface area (Å²) < 4.78 is 1.22. The highest BCUT2D eigenvalue weighted by molar-refractivity contribution is 6.30. The van der Waals surface area contributed by atoms with Crippen molar-refractivity contribution in [1.29, 1.82) is 0 Å². The molecule has 0 radical (unpaired) electrons. The number of halogens is 1. The minimum atomic E-state index is -0.679. The third-order valence-corrected chi connectivity index (χ3v) is 4.63. The van der Waals surface area contributed by atoms with Gasteiger partial charge in [0.2, 0.25) is 0 Å². The van der Waals surface area contributed by atoms with Gasteiger partial charge in [-0.05, 0) is 24.0 Å². The number of hydrogen-bond acceptors (Lipinski definition) is 4. The Morgan fingerprint density at radius 3 is 2.58 bits per heavy atom. The Bertz CT molecular complexity index is 1020. The molecule has 0 unspecified atom stereocenters. The van der Waals surface area contributed by atoms with E-state index in [1.54, 1.807) is 0 Å². The molecular weight excluding hydrogens is 358 g/mol. The van der Waals surface area contributed by atoms with Crippen LogP contribution in [0.1, 0.15) is 46.7 Å². The van der Waals surface area contributed by atoms with E-state index in [0.29, 0.717) is 24.1 Å². The van der Waals surface area contributed by atoms with E-state index in [2.05, 4.69) is 10.3 Å². The molecule has 0 aromatic carbocycles. The van der Waals surface area contributed by atoms with Crippen molar-refractivity contribution in [2.24, 2.45) is 12.5 Å². The number of hydrogen-bond donors (Lipinski definition) is 2. The van der Waals surface area contributed by atoms with Crippen molar-refractivity contribution in [3.05, 3.63) is 60.9 Å². The van der Waals surface area contributed by atoms with E-state index >= 15 is 0 Å². The number of aromatic amines is 1. The van der Waals surface area contributed by atoms with Crippen LogP contribution in [0.2, 0.25) is 5.02 Å². The third kappa shape index (κ3) is 3.35. The summed E-state index contributed by atoms with van der Waals surface area (Å²) in [5.74, 6) is -0.784. The number of nitrogens with one attached hydrogen (secondary N) is 2. The van der Waals surface area contributed by atoms with Crippen molar-refractivity contribution < 1.29 is 9.59 Å². The fourth-order valence-electron chi connectivity index (χ4n) is 3.13. The SMILES string of the molecule is Cn1cc(NC(=O)c2cc3c([nH]c2=O)CC(C)(C)CC3=O)cc(Cl)c1=O. The molecule has 3 rings (SSSR count). The van der Waals surface area contributed by atoms with E-state index in [1.165, 1.54) is 29.9 Å². The molecule has 0 bridgehead atoms. The van der Waals surface area contributed by atoms with E-state index in [0.717, 1.165) is 0 Å². The molecule has 0 saturated heterocycles. The Morgan fingerprint density at radius 1 is 1.23 bits per heavy atom. The summed E-state index contributed by atoms with van der Waals surface area (Å²) in [7, 11) is 1.50. The van der Waals surface area contributed by atoms with Crippen LogP contribution in [0.25, 0.3) is 0 Å². The number of anilines is 1. The molecule has 2 heterocycles. The minimum Gasteiger partial charge on any atom is -0.325 e. The summed E-state index contributed by atoms with van der Waals surface area (Å²) in [6.07, 6.45) is 2.30. The predicted molar refractivity (Wildman–Crippen MR) is 98.1 cm³/mol. The molecule has 1 aliphatic rings. The number of Topliss-reactive ketones (excluding diaryl/α,β-unsaturated/α-hetero) is 1. The number of carbonyl (C=O) groups excluding carboxylic acids is 2. The summed E-state index contributed by atoms with van der Waals surface area (Å²) in [6.45, 7) is 3.91. The number of pyridine rings is 2. The molecule has 8 heteroatoms. The lowest BCUT2D eigenvalue weighted by atomic mass is 9.75. The Balaban J connectivity index is 1.97. The highest BCUT2D eigenvalue weighted by Crippen LogP contribution is 2.33. The van der Waals surface area contributed by atoms with Crippen LogP contribution in [0.5, 0.6) is 0 Å². The number of amides is 1. The fraction of sp³-hybridized carbons (Fsp3) is 0.333. The number of aromatic nitrogens is 2. The summed E-state index contributed by atoms with van der Waals surface area (Å²) in [5.41, 5.74) is -0.173. The van der Waals surface area contributed by atoms with Gasteiger partial charge in [0.05, 0.1) is 5.69 Å². The second-order valence-corrected chi connectivity index (χ2v) is 7.70. The maximum atomic E-state index is 12.5. The van der Waals surface area contributed by atoms with Crippen LogP contribution in [0, 0.1) is 5.41 Å². The number of aryl methyl sites for hydroxylation is 1. The van der Waals surface area contributed by atoms with Gasteiger partial charge in [-0.15, -0.1) is 0 Å². The highest BCUT2D eigenvalue weighted by Gasteiger charge is 2.32. The molecule has 7 nitrogen and oxygen atoms in total. The van der Waals surface area contributed by atoms with Gasteiger partial charge in [-0.3, -0.25) is 19.2 Å². The molecule has 1 amide bonds. The standard InChI is InChI=1S/C18H18ClN3O4/c1-18(2)6-13-10(14(23)7-18)5-11(16(25)21-13)15(24)20-9-4-12(19)17(26)22(3)8-9/h4-5,8H,6-7H2,1-3H3,(H,20,24)(H,21,25). The molecular formula is C18H18ClN3O4. The molecule has 0 aliphatic heterocycles. The minimum absolute atomic E-state index is 0.0536. The van der Waals surface area contributed by atoms with Gasteiger partial charge in [-0.1, -0.05) is 25.4 Å². The number of rotatable bonds is 2. The number of fused-ring (bicyclic) bond motifs is 1. The fourth-order valence-corrected chi connectivity index (χ4v) is 3.39. The lowest BCUT2D eigenvalue weighted by Crippen LogP contribution is -2.33. The predicted octanol–water partition coefficient (Wildman–Crippen LogP) is 2.13. The first kappa shape index (κ1) is 18.1. The van der Waals surface area contributed by atoms with Crippen LogP contribution in [-0.4, -0.2) is 21.2 Å². The Kier molecular flexibility index (Phi) is 4.36. The summed E-state index contributed by atoms with van der Waals surface area (Å²) >= 11 is 5.82. The second-order valence-electron chi connectivity index (χ2n) is 7.29. The van der Waals surface area contributed by atoms with Crippen molar-refractivity contribution in [2.45, 2.75) is 26.7 Å². The van der Waals surface area contributed by atoms with Gasteiger partial charge < -0.3 is 14.9 Å². The van der Waals surface area contributed by atoms with Gasteiger partial charge in [0.1, 0.15) is 10.6 Å². The van der Waals surface area contributed by atoms with E-state index in [-0.39, 0.29) is 27.5 Å². The largest absolute Gasteiger partial charge is 0.325 e. The molecule has 2 aromatic heterocycles. The van der Waals surface area contributed by atoms with Gasteiger partial charge >= 0.3 is 0 Å². The average Bonchev–Trinajstić information content (AvgIpc) is 2.50. The Hall–Kier alpha value is -2.67. The van der Waals surface area contributed by atoms with Crippen molar-refractivity contribution in [2.75, 3.05) is 5.32 Å². The molecule has 26 heavy (non-hydrogen) atoms. The Labute approximate surface area is 154 Å². The quantitative estimate of drug-likeness (QED) is 0.839. The van der Waals surface area contributed by atoms with Crippen LogP contribution in [0.4, 0.5) is 5.69 Å². The molecule has 2 N–H and O–H groups in total.